The average Bonchev–Trinajstić information content (AvgIpc) is 3.41. The van der Waals surface area contributed by atoms with Gasteiger partial charge in [0, 0.05) is 32.4 Å². The highest BCUT2D eigenvalue weighted by Crippen LogP contribution is 2.31. The van der Waals surface area contributed by atoms with Crippen LogP contribution in [0.5, 0.6) is 0 Å². The lowest BCUT2D eigenvalue weighted by Crippen LogP contribution is -2.40. The predicted molar refractivity (Wildman–Crippen MR) is 90.7 cm³/mol. The molecule has 1 aromatic carbocycles. The van der Waals surface area contributed by atoms with Crippen molar-refractivity contribution in [1.82, 2.24) is 4.31 Å². The number of rotatable bonds is 5. The fraction of sp³-hybridized carbons (Fsp3) is 0.588. The summed E-state index contributed by atoms with van der Waals surface area (Å²) in [5, 5.41) is 8.73. The van der Waals surface area contributed by atoms with Gasteiger partial charge in [-0.2, -0.15) is 5.26 Å². The van der Waals surface area contributed by atoms with E-state index in [4.69, 9.17) is 5.26 Å². The van der Waals surface area contributed by atoms with E-state index < -0.39 is 10.0 Å². The maximum Gasteiger partial charge on any atom is 0.216 e. The van der Waals surface area contributed by atoms with Crippen LogP contribution in [0.15, 0.2) is 24.3 Å². The summed E-state index contributed by atoms with van der Waals surface area (Å²) in [7, 11) is -1.33. The number of nitrogens with zero attached hydrogens (tertiary/aromatic N) is 3. The maximum absolute atomic E-state index is 12.2. The van der Waals surface area contributed by atoms with E-state index in [-0.39, 0.29) is 5.25 Å². The van der Waals surface area contributed by atoms with E-state index in [2.05, 4.69) is 11.0 Å². The van der Waals surface area contributed by atoms with Gasteiger partial charge in [-0.05, 0) is 55.9 Å². The quantitative estimate of drug-likeness (QED) is 0.828. The highest BCUT2D eigenvalue weighted by Gasteiger charge is 2.39. The molecule has 2 fully saturated rings. The molecule has 0 unspecified atom stereocenters. The summed E-state index contributed by atoms with van der Waals surface area (Å²) < 4.78 is 26.0. The van der Waals surface area contributed by atoms with Crippen molar-refractivity contribution >= 4 is 15.7 Å². The Kier molecular flexibility index (Phi) is 4.60. The molecular formula is C17H23N3O2S. The molecule has 1 aliphatic heterocycles. The molecular weight excluding hydrogens is 310 g/mol. The van der Waals surface area contributed by atoms with Gasteiger partial charge in [-0.25, -0.2) is 12.7 Å². The standard InChI is InChI=1S/C17H23N3O2S/c1-19(23(21,22)17-6-7-17)13-15-8-10-20(11-9-15)16-4-2-14(12-18)3-5-16/h2-5,15,17H,6-11,13H2,1H3. The Labute approximate surface area is 138 Å². The maximum atomic E-state index is 12.2. The van der Waals surface area contributed by atoms with Crippen LogP contribution in [0.4, 0.5) is 5.69 Å². The molecule has 0 radical (unpaired) electrons. The summed E-state index contributed by atoms with van der Waals surface area (Å²) in [6.07, 6.45) is 3.66. The Bertz CT molecular complexity index is 682. The van der Waals surface area contributed by atoms with Crippen LogP contribution < -0.4 is 4.90 Å². The topological polar surface area (TPSA) is 64.4 Å². The molecule has 0 aromatic heterocycles. The molecule has 3 rings (SSSR count). The van der Waals surface area contributed by atoms with Crippen LogP contribution in [0.3, 0.4) is 0 Å². The number of hydrogen-bond acceptors (Lipinski definition) is 4. The zero-order chi connectivity index (χ0) is 16.4. The van der Waals surface area contributed by atoms with Crippen LogP contribution in [0, 0.1) is 17.2 Å². The first-order valence-electron chi connectivity index (χ1n) is 8.21. The van der Waals surface area contributed by atoms with Gasteiger partial charge in [-0.3, -0.25) is 0 Å². The van der Waals surface area contributed by atoms with Crippen LogP contribution in [0.1, 0.15) is 31.2 Å². The third-order valence-corrected chi connectivity index (χ3v) is 7.20. The number of piperidine rings is 1. The molecule has 1 heterocycles. The second-order valence-electron chi connectivity index (χ2n) is 6.61. The number of sulfonamides is 1. The van der Waals surface area contributed by atoms with Crippen molar-refractivity contribution in [1.29, 1.82) is 5.26 Å². The first-order valence-corrected chi connectivity index (χ1v) is 9.71. The number of nitriles is 1. The van der Waals surface area contributed by atoms with Crippen molar-refractivity contribution in [2.45, 2.75) is 30.9 Å². The molecule has 1 saturated heterocycles. The molecule has 1 aromatic rings. The van der Waals surface area contributed by atoms with E-state index in [1.54, 1.807) is 11.4 Å². The second-order valence-corrected chi connectivity index (χ2v) is 8.93. The van der Waals surface area contributed by atoms with Crippen molar-refractivity contribution in [2.75, 3.05) is 31.6 Å². The summed E-state index contributed by atoms with van der Waals surface area (Å²) in [5.74, 6) is 0.433. The van der Waals surface area contributed by atoms with Gasteiger partial charge < -0.3 is 4.90 Å². The third-order valence-electron chi connectivity index (χ3n) is 4.87. The normalized spacial score (nSPS) is 19.8. The summed E-state index contributed by atoms with van der Waals surface area (Å²) in [6.45, 7) is 2.52. The van der Waals surface area contributed by atoms with E-state index in [9.17, 15) is 8.42 Å². The fourth-order valence-electron chi connectivity index (χ4n) is 3.21. The zero-order valence-corrected chi connectivity index (χ0v) is 14.3. The van der Waals surface area contributed by atoms with Gasteiger partial charge in [-0.15, -0.1) is 0 Å². The molecule has 1 aliphatic carbocycles. The van der Waals surface area contributed by atoms with Crippen molar-refractivity contribution in [3.63, 3.8) is 0 Å². The number of hydrogen-bond donors (Lipinski definition) is 0. The molecule has 5 nitrogen and oxygen atoms in total. The highest BCUT2D eigenvalue weighted by molar-refractivity contribution is 7.90. The molecule has 0 atom stereocenters. The Balaban J connectivity index is 1.53. The molecule has 23 heavy (non-hydrogen) atoms. The zero-order valence-electron chi connectivity index (χ0n) is 13.5. The minimum atomic E-state index is -3.05. The van der Waals surface area contributed by atoms with Crippen LogP contribution in [0.25, 0.3) is 0 Å². The Hall–Kier alpha value is -1.58. The monoisotopic (exact) mass is 333 g/mol. The van der Waals surface area contributed by atoms with Crippen LogP contribution in [-0.4, -0.2) is 44.7 Å². The third kappa shape index (κ3) is 3.67. The smallest absolute Gasteiger partial charge is 0.216 e. The van der Waals surface area contributed by atoms with Crippen molar-refractivity contribution in [3.8, 4) is 6.07 Å². The molecule has 1 saturated carbocycles. The SMILES string of the molecule is CN(CC1CCN(c2ccc(C#N)cc2)CC1)S(=O)(=O)C1CC1. The summed E-state index contributed by atoms with van der Waals surface area (Å²) in [5.41, 5.74) is 1.82. The molecule has 0 amide bonds. The van der Waals surface area contributed by atoms with E-state index in [1.807, 2.05) is 24.3 Å². The summed E-state index contributed by atoms with van der Waals surface area (Å²) in [6, 6.07) is 9.80. The lowest BCUT2D eigenvalue weighted by molar-refractivity contribution is 0.328. The molecule has 2 aliphatic rings. The van der Waals surface area contributed by atoms with Crippen molar-refractivity contribution in [2.24, 2.45) is 5.92 Å². The van der Waals surface area contributed by atoms with Crippen LogP contribution in [-0.2, 0) is 10.0 Å². The minimum Gasteiger partial charge on any atom is -0.372 e. The van der Waals surface area contributed by atoms with E-state index in [0.717, 1.165) is 44.5 Å². The molecule has 6 heteroatoms. The number of anilines is 1. The van der Waals surface area contributed by atoms with E-state index >= 15 is 0 Å². The average molecular weight is 333 g/mol. The first-order chi connectivity index (χ1) is 11.0. The van der Waals surface area contributed by atoms with Gasteiger partial charge in [0.25, 0.3) is 0 Å². The summed E-state index contributed by atoms with van der Waals surface area (Å²) in [4.78, 5) is 2.31. The van der Waals surface area contributed by atoms with Gasteiger partial charge >= 0.3 is 0 Å². The second kappa shape index (κ2) is 6.50. The number of benzene rings is 1. The van der Waals surface area contributed by atoms with E-state index in [0.29, 0.717) is 18.0 Å². The minimum absolute atomic E-state index is 0.119. The lowest BCUT2D eigenvalue weighted by Gasteiger charge is -2.35. The molecule has 0 bridgehead atoms. The Morgan fingerprint density at radius 1 is 1.17 bits per heavy atom. The van der Waals surface area contributed by atoms with Gasteiger partial charge in [0.2, 0.25) is 10.0 Å². The largest absolute Gasteiger partial charge is 0.372 e. The van der Waals surface area contributed by atoms with Gasteiger partial charge in [0.1, 0.15) is 0 Å². The van der Waals surface area contributed by atoms with Crippen molar-refractivity contribution in [3.05, 3.63) is 29.8 Å². The van der Waals surface area contributed by atoms with Gasteiger partial charge in [0.05, 0.1) is 16.9 Å². The Morgan fingerprint density at radius 3 is 2.30 bits per heavy atom. The molecule has 124 valence electrons. The van der Waals surface area contributed by atoms with Crippen LogP contribution in [0.2, 0.25) is 0 Å². The van der Waals surface area contributed by atoms with E-state index in [1.165, 1.54) is 0 Å². The fourth-order valence-corrected chi connectivity index (χ4v) is 4.87. The lowest BCUT2D eigenvalue weighted by atomic mass is 9.96. The predicted octanol–water partition coefficient (Wildman–Crippen LogP) is 2.20. The Morgan fingerprint density at radius 2 is 1.78 bits per heavy atom. The summed E-state index contributed by atoms with van der Waals surface area (Å²) >= 11 is 0. The first kappa shape index (κ1) is 16.3. The van der Waals surface area contributed by atoms with Crippen molar-refractivity contribution < 1.29 is 8.42 Å². The van der Waals surface area contributed by atoms with Crippen LogP contribution >= 0.6 is 0 Å². The molecule has 0 N–H and O–H groups in total. The van der Waals surface area contributed by atoms with Gasteiger partial charge in [0.15, 0.2) is 0 Å². The van der Waals surface area contributed by atoms with Gasteiger partial charge in [-0.1, -0.05) is 0 Å². The molecule has 0 spiro atoms. The highest BCUT2D eigenvalue weighted by atomic mass is 32.2.